The van der Waals surface area contributed by atoms with E-state index in [1.165, 1.54) is 0 Å². The van der Waals surface area contributed by atoms with Crippen LogP contribution in [0, 0.1) is 0 Å². The van der Waals surface area contributed by atoms with Gasteiger partial charge in [-0.1, -0.05) is 6.92 Å². The molecule has 0 radical (unpaired) electrons. The smallest absolute Gasteiger partial charge is 0.172 e. The third-order valence-corrected chi connectivity index (χ3v) is 1.65. The first-order valence-electron chi connectivity index (χ1n) is 2.20. The summed E-state index contributed by atoms with van der Waals surface area (Å²) in [6.07, 6.45) is -4.28. The molecule has 9 heavy (non-hydrogen) atoms. The van der Waals surface area contributed by atoms with Crippen molar-refractivity contribution in [2.24, 2.45) is 0 Å². The van der Waals surface area contributed by atoms with E-state index in [1.807, 2.05) is 0 Å². The highest BCUT2D eigenvalue weighted by molar-refractivity contribution is 7.34. The van der Waals surface area contributed by atoms with Crippen LogP contribution in [0.15, 0.2) is 0 Å². The van der Waals surface area contributed by atoms with Crippen molar-refractivity contribution < 1.29 is 13.2 Å². The van der Waals surface area contributed by atoms with Gasteiger partial charge in [-0.15, -0.1) is 0 Å². The zero-order valence-electron chi connectivity index (χ0n) is 4.54. The molecular weight excluding hydrogens is 175 g/mol. The van der Waals surface area contributed by atoms with Crippen LogP contribution in [0.3, 0.4) is 0 Å². The Balaban J connectivity index is 3.88. The summed E-state index contributed by atoms with van der Waals surface area (Å²) >= 11 is 9.92. The molecule has 0 aromatic carbocycles. The highest BCUT2D eigenvalue weighted by Crippen LogP contribution is 2.35. The molecule has 6 heteroatoms. The molecule has 0 fully saturated rings. The van der Waals surface area contributed by atoms with E-state index in [1.54, 1.807) is 0 Å². The van der Waals surface area contributed by atoms with Crippen LogP contribution in [0.1, 0.15) is 6.92 Å². The Hall–Kier alpha value is 0.435. The summed E-state index contributed by atoms with van der Waals surface area (Å²) in [5.74, 6) is -1.65. The lowest BCUT2D eigenvalue weighted by Crippen LogP contribution is -2.22. The molecule has 0 aliphatic rings. The van der Waals surface area contributed by atoms with Gasteiger partial charge in [0.15, 0.2) is 0 Å². The molecule has 0 aliphatic heterocycles. The van der Waals surface area contributed by atoms with Gasteiger partial charge in [-0.3, -0.25) is 0 Å². The summed E-state index contributed by atoms with van der Waals surface area (Å²) < 4.78 is 34.6. The van der Waals surface area contributed by atoms with Gasteiger partial charge in [0.1, 0.15) is 0 Å². The van der Waals surface area contributed by atoms with Crippen LogP contribution >= 0.6 is 22.9 Å². The first kappa shape index (κ1) is 9.43. The minimum absolute atomic E-state index is 0.935. The average molecular weight is 179 g/mol. The Morgan fingerprint density at radius 2 is 1.67 bits per heavy atom. The normalized spacial score (nSPS) is 15.3. The highest BCUT2D eigenvalue weighted by Gasteiger charge is 2.42. The fourth-order valence-electron chi connectivity index (χ4n) is 0.143. The van der Waals surface area contributed by atoms with Crippen molar-refractivity contribution in [1.29, 1.82) is 0 Å². The molecular formula is C3H4BCl2F3. The summed E-state index contributed by atoms with van der Waals surface area (Å²) in [6, 6.07) is 0. The third-order valence-electron chi connectivity index (χ3n) is 0.894. The molecule has 0 aromatic heterocycles. The maximum atomic E-state index is 11.5. The summed E-state index contributed by atoms with van der Waals surface area (Å²) in [5.41, 5.74) is -1.37. The Morgan fingerprint density at radius 3 is 1.67 bits per heavy atom. The number of hydrogen-bond donors (Lipinski definition) is 0. The van der Waals surface area contributed by atoms with Crippen LogP contribution in [-0.2, 0) is 0 Å². The number of halogens is 5. The van der Waals surface area contributed by atoms with Gasteiger partial charge < -0.3 is 0 Å². The zero-order valence-corrected chi connectivity index (χ0v) is 6.06. The largest absolute Gasteiger partial charge is 0.387 e. The Bertz CT molecular complexity index is 91.5. The molecule has 54 valence electrons. The molecule has 0 amide bonds. The molecule has 0 bridgehead atoms. The predicted molar refractivity (Wildman–Crippen MR) is 32.9 cm³/mol. The van der Waals surface area contributed by atoms with Crippen molar-refractivity contribution in [3.05, 3.63) is 0 Å². The third kappa shape index (κ3) is 3.21. The topological polar surface area (TPSA) is 0 Å². The molecule has 1 unspecified atom stereocenters. The van der Waals surface area contributed by atoms with Gasteiger partial charge in [-0.25, -0.2) is 0 Å². The molecule has 0 aliphatic carbocycles. The maximum absolute atomic E-state index is 11.5. The molecule has 1 atom stereocenters. The van der Waals surface area contributed by atoms with Gasteiger partial charge >= 0.3 is 11.7 Å². The van der Waals surface area contributed by atoms with E-state index in [0.29, 0.717) is 0 Å². The zero-order chi connectivity index (χ0) is 7.65. The lowest BCUT2D eigenvalue weighted by Gasteiger charge is -2.12. The average Bonchev–Trinajstić information content (AvgIpc) is 1.62. The van der Waals surface area contributed by atoms with E-state index in [4.69, 9.17) is 22.9 Å². The minimum Gasteiger partial charge on any atom is -0.172 e. The Kier molecular flexibility index (Phi) is 3.16. The Labute approximate surface area is 61.2 Å². The van der Waals surface area contributed by atoms with E-state index in [0.717, 1.165) is 6.92 Å². The first-order chi connectivity index (χ1) is 3.85. The summed E-state index contributed by atoms with van der Waals surface area (Å²) in [5, 5.41) is 0. The van der Waals surface area contributed by atoms with Crippen molar-refractivity contribution in [2.75, 3.05) is 0 Å². The quantitative estimate of drug-likeness (QED) is 0.542. The van der Waals surface area contributed by atoms with Crippen molar-refractivity contribution in [1.82, 2.24) is 0 Å². The van der Waals surface area contributed by atoms with Gasteiger partial charge in [-0.05, 0) is 0 Å². The standard InChI is InChI=1S/C3H4BCl2F3/c1-2(4(5)6)3(7,8)9/h2H,1H3. The summed E-state index contributed by atoms with van der Waals surface area (Å²) in [7, 11) is 0. The highest BCUT2D eigenvalue weighted by atomic mass is 35.5. The minimum atomic E-state index is -4.28. The second kappa shape index (κ2) is 3.02. The van der Waals surface area contributed by atoms with Crippen LogP contribution in [0.25, 0.3) is 0 Å². The van der Waals surface area contributed by atoms with Gasteiger partial charge in [0, 0.05) is 0 Å². The lowest BCUT2D eigenvalue weighted by molar-refractivity contribution is -0.130. The SMILES string of the molecule is CC(B(Cl)Cl)C(F)(F)F. The second-order valence-corrected chi connectivity index (χ2v) is 2.83. The lowest BCUT2D eigenvalue weighted by atomic mass is 9.86. The fraction of sp³-hybridized carbons (Fsp3) is 1.00. The van der Waals surface area contributed by atoms with E-state index in [-0.39, 0.29) is 0 Å². The molecule has 0 spiro atoms. The number of alkyl halides is 3. The van der Waals surface area contributed by atoms with Crippen molar-refractivity contribution in [3.63, 3.8) is 0 Å². The van der Waals surface area contributed by atoms with E-state index >= 15 is 0 Å². The fourth-order valence-corrected chi connectivity index (χ4v) is 0.429. The van der Waals surface area contributed by atoms with Gasteiger partial charge in [-0.2, -0.15) is 36.1 Å². The van der Waals surface area contributed by atoms with Crippen LogP contribution in [-0.4, -0.2) is 11.7 Å². The van der Waals surface area contributed by atoms with Gasteiger partial charge in [0.05, 0.1) is 5.82 Å². The summed E-state index contributed by atoms with van der Waals surface area (Å²) in [6.45, 7) is 0.935. The molecule has 0 aromatic rings. The van der Waals surface area contributed by atoms with E-state index in [9.17, 15) is 13.2 Å². The van der Waals surface area contributed by atoms with Gasteiger partial charge in [0.25, 0.3) is 0 Å². The van der Waals surface area contributed by atoms with Crippen LogP contribution in [0.4, 0.5) is 13.2 Å². The molecule has 0 saturated heterocycles. The molecule has 0 rings (SSSR count). The maximum Gasteiger partial charge on any atom is 0.387 e. The molecule has 0 N–H and O–H groups in total. The predicted octanol–water partition coefficient (Wildman–Crippen LogP) is 2.90. The Morgan fingerprint density at radius 1 is 1.33 bits per heavy atom. The second-order valence-electron chi connectivity index (χ2n) is 1.66. The number of rotatable bonds is 1. The molecule has 0 heterocycles. The van der Waals surface area contributed by atoms with Crippen LogP contribution in [0.2, 0.25) is 5.82 Å². The molecule has 0 saturated carbocycles. The monoisotopic (exact) mass is 178 g/mol. The van der Waals surface area contributed by atoms with Crippen LogP contribution < -0.4 is 0 Å². The number of hydrogen-bond acceptors (Lipinski definition) is 0. The molecule has 0 nitrogen and oxygen atoms in total. The van der Waals surface area contributed by atoms with E-state index in [2.05, 4.69) is 0 Å². The first-order valence-corrected chi connectivity index (χ1v) is 3.08. The van der Waals surface area contributed by atoms with Crippen molar-refractivity contribution in [2.45, 2.75) is 18.9 Å². The summed E-state index contributed by atoms with van der Waals surface area (Å²) in [4.78, 5) is 0. The van der Waals surface area contributed by atoms with E-state index < -0.39 is 17.5 Å². The van der Waals surface area contributed by atoms with Crippen molar-refractivity contribution >= 4 is 28.5 Å². The van der Waals surface area contributed by atoms with Crippen molar-refractivity contribution in [3.8, 4) is 0 Å². The van der Waals surface area contributed by atoms with Gasteiger partial charge in [0.2, 0.25) is 0 Å². The van der Waals surface area contributed by atoms with Crippen LogP contribution in [0.5, 0.6) is 0 Å².